The number of hydrogen-bond donors (Lipinski definition) is 0. The molecule has 116 valence electrons. The van der Waals surface area contributed by atoms with Crippen LogP contribution >= 0.6 is 0 Å². The van der Waals surface area contributed by atoms with E-state index >= 15 is 0 Å². The zero-order valence-corrected chi connectivity index (χ0v) is 13.0. The van der Waals surface area contributed by atoms with Crippen LogP contribution in [0.2, 0.25) is 0 Å². The lowest BCUT2D eigenvalue weighted by Gasteiger charge is -2.40. The largest absolute Gasteiger partial charge is 0.352 e. The van der Waals surface area contributed by atoms with Crippen LogP contribution in [0.15, 0.2) is 0 Å². The standard InChI is InChI=1S/C16H29NO3/c1-3-19-16(20-4-2)12-17-11-6-5-9-14(17)13-8-7-10-15(13)18/h13-14,16H,3-12H2,1-2H3. The van der Waals surface area contributed by atoms with Crippen LogP contribution in [0.5, 0.6) is 0 Å². The Labute approximate surface area is 122 Å². The Morgan fingerprint density at radius 2 is 1.90 bits per heavy atom. The van der Waals surface area contributed by atoms with E-state index in [4.69, 9.17) is 9.47 Å². The van der Waals surface area contributed by atoms with Crippen molar-refractivity contribution < 1.29 is 14.3 Å². The minimum Gasteiger partial charge on any atom is -0.352 e. The topological polar surface area (TPSA) is 38.8 Å². The fraction of sp³-hybridized carbons (Fsp3) is 0.938. The highest BCUT2D eigenvalue weighted by Gasteiger charge is 2.37. The normalized spacial score (nSPS) is 28.4. The lowest BCUT2D eigenvalue weighted by Crippen LogP contribution is -2.49. The minimum absolute atomic E-state index is 0.151. The summed E-state index contributed by atoms with van der Waals surface area (Å²) >= 11 is 0. The lowest BCUT2D eigenvalue weighted by atomic mass is 9.88. The predicted molar refractivity (Wildman–Crippen MR) is 78.6 cm³/mol. The third-order valence-electron chi connectivity index (χ3n) is 4.57. The van der Waals surface area contributed by atoms with Crippen molar-refractivity contribution in [1.82, 2.24) is 4.90 Å². The number of carbonyl (C=O) groups excluding carboxylic acids is 1. The number of likely N-dealkylation sites (tertiary alicyclic amines) is 1. The second-order valence-electron chi connectivity index (χ2n) is 5.86. The molecule has 2 rings (SSSR count). The van der Waals surface area contributed by atoms with Crippen molar-refractivity contribution in [2.24, 2.45) is 5.92 Å². The van der Waals surface area contributed by atoms with Crippen molar-refractivity contribution in [2.45, 2.75) is 64.7 Å². The van der Waals surface area contributed by atoms with Gasteiger partial charge in [0, 0.05) is 38.1 Å². The second kappa shape index (κ2) is 8.11. The molecule has 0 radical (unpaired) electrons. The van der Waals surface area contributed by atoms with Crippen molar-refractivity contribution in [3.8, 4) is 0 Å². The van der Waals surface area contributed by atoms with Crippen LogP contribution in [0.4, 0.5) is 0 Å². The molecule has 1 aliphatic carbocycles. The molecule has 0 N–H and O–H groups in total. The van der Waals surface area contributed by atoms with E-state index in [0.29, 0.717) is 25.0 Å². The molecular formula is C16H29NO3. The lowest BCUT2D eigenvalue weighted by molar-refractivity contribution is -0.155. The zero-order chi connectivity index (χ0) is 14.4. The summed E-state index contributed by atoms with van der Waals surface area (Å²) in [6.45, 7) is 7.22. The maximum absolute atomic E-state index is 12.1. The number of hydrogen-bond acceptors (Lipinski definition) is 4. The molecule has 4 nitrogen and oxygen atoms in total. The summed E-state index contributed by atoms with van der Waals surface area (Å²) in [6.07, 6.45) is 6.42. The predicted octanol–water partition coefficient (Wildman–Crippen LogP) is 2.61. The molecule has 2 atom stereocenters. The van der Waals surface area contributed by atoms with Crippen molar-refractivity contribution >= 4 is 5.78 Å². The fourth-order valence-electron chi connectivity index (χ4n) is 3.67. The van der Waals surface area contributed by atoms with Gasteiger partial charge in [-0.15, -0.1) is 0 Å². The number of ether oxygens (including phenoxy) is 2. The van der Waals surface area contributed by atoms with Gasteiger partial charge in [0.15, 0.2) is 6.29 Å². The van der Waals surface area contributed by atoms with Crippen molar-refractivity contribution in [1.29, 1.82) is 0 Å². The van der Waals surface area contributed by atoms with Gasteiger partial charge in [-0.2, -0.15) is 0 Å². The van der Waals surface area contributed by atoms with Gasteiger partial charge in [0.2, 0.25) is 0 Å². The van der Waals surface area contributed by atoms with Gasteiger partial charge in [0.05, 0.1) is 0 Å². The van der Waals surface area contributed by atoms with Crippen LogP contribution in [-0.2, 0) is 14.3 Å². The summed E-state index contributed by atoms with van der Waals surface area (Å²) in [6, 6.07) is 0.419. The monoisotopic (exact) mass is 283 g/mol. The van der Waals surface area contributed by atoms with E-state index in [2.05, 4.69) is 4.90 Å². The highest BCUT2D eigenvalue weighted by molar-refractivity contribution is 5.83. The molecule has 0 spiro atoms. The highest BCUT2D eigenvalue weighted by atomic mass is 16.7. The summed E-state index contributed by atoms with van der Waals surface area (Å²) in [7, 11) is 0. The number of piperidine rings is 1. The van der Waals surface area contributed by atoms with Crippen LogP contribution < -0.4 is 0 Å². The Kier molecular flexibility index (Phi) is 6.46. The molecule has 0 aromatic rings. The molecule has 1 heterocycles. The molecule has 4 heteroatoms. The average molecular weight is 283 g/mol. The van der Waals surface area contributed by atoms with Gasteiger partial charge in [0.25, 0.3) is 0 Å². The third kappa shape index (κ3) is 4.03. The first-order valence-electron chi connectivity index (χ1n) is 8.26. The van der Waals surface area contributed by atoms with Gasteiger partial charge < -0.3 is 9.47 Å². The average Bonchev–Trinajstić information content (AvgIpc) is 2.86. The molecule has 0 aromatic heterocycles. The summed E-state index contributed by atoms with van der Waals surface area (Å²) in [5.41, 5.74) is 0. The Morgan fingerprint density at radius 1 is 1.15 bits per heavy atom. The molecule has 1 saturated heterocycles. The smallest absolute Gasteiger partial charge is 0.170 e. The summed E-state index contributed by atoms with van der Waals surface area (Å²) < 4.78 is 11.3. The van der Waals surface area contributed by atoms with Gasteiger partial charge in [-0.1, -0.05) is 6.42 Å². The number of nitrogens with zero attached hydrogens (tertiary/aromatic N) is 1. The maximum Gasteiger partial charge on any atom is 0.170 e. The van der Waals surface area contributed by atoms with Crippen molar-refractivity contribution in [3.63, 3.8) is 0 Å². The molecule has 2 unspecified atom stereocenters. The van der Waals surface area contributed by atoms with E-state index in [0.717, 1.165) is 38.8 Å². The maximum atomic E-state index is 12.1. The third-order valence-corrected chi connectivity index (χ3v) is 4.57. The molecule has 2 fully saturated rings. The Hall–Kier alpha value is -0.450. The van der Waals surface area contributed by atoms with E-state index in [1.165, 1.54) is 12.8 Å². The van der Waals surface area contributed by atoms with Crippen LogP contribution in [0, 0.1) is 5.92 Å². The summed E-state index contributed by atoms with van der Waals surface area (Å²) in [4.78, 5) is 14.5. The summed E-state index contributed by atoms with van der Waals surface area (Å²) in [5, 5.41) is 0. The van der Waals surface area contributed by atoms with Crippen molar-refractivity contribution in [3.05, 3.63) is 0 Å². The molecule has 0 amide bonds. The molecule has 2 aliphatic rings. The Morgan fingerprint density at radius 3 is 2.50 bits per heavy atom. The second-order valence-corrected chi connectivity index (χ2v) is 5.86. The minimum atomic E-state index is -0.151. The number of carbonyl (C=O) groups is 1. The van der Waals surface area contributed by atoms with E-state index < -0.39 is 0 Å². The van der Waals surface area contributed by atoms with E-state index in [9.17, 15) is 4.79 Å². The van der Waals surface area contributed by atoms with Crippen LogP contribution in [0.1, 0.15) is 52.4 Å². The first-order chi connectivity index (χ1) is 9.76. The highest BCUT2D eigenvalue weighted by Crippen LogP contribution is 2.32. The fourth-order valence-corrected chi connectivity index (χ4v) is 3.67. The van der Waals surface area contributed by atoms with Crippen LogP contribution in [0.25, 0.3) is 0 Å². The quantitative estimate of drug-likeness (QED) is 0.673. The summed E-state index contributed by atoms with van der Waals surface area (Å²) in [5.74, 6) is 0.741. The van der Waals surface area contributed by atoms with Crippen LogP contribution in [-0.4, -0.2) is 49.3 Å². The van der Waals surface area contributed by atoms with E-state index in [1.54, 1.807) is 0 Å². The van der Waals surface area contributed by atoms with Gasteiger partial charge in [0.1, 0.15) is 5.78 Å². The number of rotatable bonds is 7. The van der Waals surface area contributed by atoms with Gasteiger partial charge in [-0.3, -0.25) is 9.69 Å². The first kappa shape index (κ1) is 15.9. The molecule has 1 aliphatic heterocycles. The Balaban J connectivity index is 1.96. The SMILES string of the molecule is CCOC(CN1CCCCC1C1CCCC1=O)OCC. The zero-order valence-electron chi connectivity index (χ0n) is 13.0. The number of Topliss-reactive ketones (excluding diaryl/α,β-unsaturated/α-hetero) is 1. The molecule has 1 saturated carbocycles. The van der Waals surface area contributed by atoms with Gasteiger partial charge >= 0.3 is 0 Å². The van der Waals surface area contributed by atoms with Gasteiger partial charge in [-0.05, 0) is 46.1 Å². The molecule has 20 heavy (non-hydrogen) atoms. The number of ketones is 1. The van der Waals surface area contributed by atoms with Gasteiger partial charge in [-0.25, -0.2) is 0 Å². The Bertz CT molecular complexity index is 302. The van der Waals surface area contributed by atoms with E-state index in [-0.39, 0.29) is 12.2 Å². The molecule has 0 aromatic carbocycles. The molecular weight excluding hydrogens is 254 g/mol. The first-order valence-corrected chi connectivity index (χ1v) is 8.26. The van der Waals surface area contributed by atoms with Crippen molar-refractivity contribution in [2.75, 3.05) is 26.3 Å². The van der Waals surface area contributed by atoms with Crippen LogP contribution in [0.3, 0.4) is 0 Å². The molecule has 0 bridgehead atoms. The van der Waals surface area contributed by atoms with E-state index in [1.807, 2.05) is 13.8 Å².